The molecule has 8 heterocycles. The predicted molar refractivity (Wildman–Crippen MR) is 172 cm³/mol. The largest absolute Gasteiger partial charge is 0.442 e. The normalized spacial score (nSPS) is 34.6. The van der Waals surface area contributed by atoms with Crippen LogP contribution in [0.2, 0.25) is 0 Å². The number of aromatic nitrogens is 4. The Kier molecular flexibility index (Phi) is 6.86. The lowest BCUT2D eigenvalue weighted by molar-refractivity contribution is -0.101. The van der Waals surface area contributed by atoms with Crippen LogP contribution >= 0.6 is 0 Å². The molecule has 6 saturated heterocycles. The van der Waals surface area contributed by atoms with Gasteiger partial charge in [0.1, 0.15) is 36.5 Å². The lowest BCUT2D eigenvalue weighted by atomic mass is 9.85. The molecule has 53 heavy (non-hydrogen) atoms. The van der Waals surface area contributed by atoms with Gasteiger partial charge in [-0.15, -0.1) is 29.0 Å². The molecule has 2 aromatic rings. The fourth-order valence-electron chi connectivity index (χ4n) is 9.02. The van der Waals surface area contributed by atoms with Crippen LogP contribution in [-0.4, -0.2) is 124 Å². The summed E-state index contributed by atoms with van der Waals surface area (Å²) in [6.45, 7) is 0.338. The van der Waals surface area contributed by atoms with Crippen molar-refractivity contribution in [3.05, 3.63) is 23.6 Å². The van der Waals surface area contributed by atoms with Gasteiger partial charge in [0.05, 0.1) is 12.1 Å². The predicted octanol–water partition coefficient (Wildman–Crippen LogP) is -1.65. The second-order valence-electron chi connectivity index (χ2n) is 15.0. The summed E-state index contributed by atoms with van der Waals surface area (Å²) in [5, 5.41) is 52.2. The summed E-state index contributed by atoms with van der Waals surface area (Å²) in [7, 11) is -1.52. The van der Waals surface area contributed by atoms with E-state index in [9.17, 15) is 18.0 Å². The SMILES string of the molecule is CNC1NC(=N)NC1c1nnc([C@@H]2CC3(CC3)[C@@H]3CN2C(=O)N3OS(=O)(=O)ON2C(=O)N3C[C@H]2C2(CC2)C[C@H]3c2nnc(C3NC(=N)NC3NC)o2)o1. The van der Waals surface area contributed by atoms with Crippen molar-refractivity contribution in [2.75, 3.05) is 27.2 Å². The van der Waals surface area contributed by atoms with E-state index in [1.807, 2.05) is 0 Å². The highest BCUT2D eigenvalue weighted by molar-refractivity contribution is 7.81. The lowest BCUT2D eigenvalue weighted by Gasteiger charge is -2.35. The van der Waals surface area contributed by atoms with Gasteiger partial charge in [-0.25, -0.2) is 9.59 Å². The molecule has 0 radical (unpaired) electrons. The van der Waals surface area contributed by atoms with Gasteiger partial charge in [-0.05, 0) is 63.5 Å². The molecule has 4 bridgehead atoms. The Morgan fingerprint density at radius 2 is 1.09 bits per heavy atom. The quantitative estimate of drug-likeness (QED) is 0.135. The van der Waals surface area contributed by atoms with Crippen LogP contribution in [0.3, 0.4) is 0 Å². The molecule has 25 heteroatoms. The van der Waals surface area contributed by atoms with E-state index < -0.39 is 69.5 Å². The first kappa shape index (κ1) is 32.8. The Balaban J connectivity index is 0.851. The number of hydrogen-bond donors (Lipinski definition) is 8. The maximum atomic E-state index is 13.8. The van der Waals surface area contributed by atoms with Crippen LogP contribution in [-0.2, 0) is 19.0 Å². The molecule has 2 spiro atoms. The highest BCUT2D eigenvalue weighted by atomic mass is 32.3. The number of hydroxylamine groups is 4. The van der Waals surface area contributed by atoms with Gasteiger partial charge in [0.15, 0.2) is 11.9 Å². The van der Waals surface area contributed by atoms with Crippen molar-refractivity contribution in [1.29, 1.82) is 10.8 Å². The number of guanidine groups is 2. The molecule has 4 amide bonds. The van der Waals surface area contributed by atoms with E-state index in [0.29, 0.717) is 12.8 Å². The van der Waals surface area contributed by atoms with E-state index in [0.717, 1.165) is 35.8 Å². The van der Waals surface area contributed by atoms with Crippen LogP contribution in [0.25, 0.3) is 0 Å². The van der Waals surface area contributed by atoms with Crippen LogP contribution in [0.5, 0.6) is 0 Å². The molecular formula is C28H38N16O8S. The van der Waals surface area contributed by atoms with Gasteiger partial charge in [-0.1, -0.05) is 0 Å². The Hall–Kier alpha value is -4.85. The fraction of sp³-hybridized carbons (Fsp3) is 0.714. The average molecular weight is 759 g/mol. The Bertz CT molecular complexity index is 1880. The minimum atomic E-state index is -4.97. The van der Waals surface area contributed by atoms with Gasteiger partial charge in [0, 0.05) is 13.1 Å². The van der Waals surface area contributed by atoms with Gasteiger partial charge in [0.25, 0.3) is 0 Å². The number of nitrogens with one attached hydrogen (secondary N) is 8. The number of fused-ring (bicyclic) bond motifs is 6. The first-order chi connectivity index (χ1) is 25.4. The van der Waals surface area contributed by atoms with E-state index in [2.05, 4.69) is 52.3 Å². The van der Waals surface area contributed by atoms with Crippen molar-refractivity contribution in [3.8, 4) is 0 Å². The topological polar surface area (TPSA) is 297 Å². The van der Waals surface area contributed by atoms with E-state index in [4.69, 9.17) is 28.2 Å². The number of amides is 4. The summed E-state index contributed by atoms with van der Waals surface area (Å²) in [6, 6.07) is -4.83. The smallest absolute Gasteiger partial charge is 0.421 e. The summed E-state index contributed by atoms with van der Waals surface area (Å²) in [4.78, 5) is 30.6. The van der Waals surface area contributed by atoms with Gasteiger partial charge in [-0.3, -0.25) is 21.5 Å². The van der Waals surface area contributed by atoms with E-state index >= 15 is 0 Å². The van der Waals surface area contributed by atoms with Gasteiger partial charge < -0.3 is 39.9 Å². The van der Waals surface area contributed by atoms with Crippen LogP contribution in [0.4, 0.5) is 9.59 Å². The highest BCUT2D eigenvalue weighted by Gasteiger charge is 2.67. The molecule has 8 aliphatic rings. The summed E-state index contributed by atoms with van der Waals surface area (Å²) in [5.41, 5.74) is -0.866. The number of carbonyl (C=O) groups is 2. The second kappa shape index (κ2) is 11.1. The fourth-order valence-corrected chi connectivity index (χ4v) is 9.78. The molecule has 0 aromatic carbocycles. The molecule has 2 aromatic heterocycles. The van der Waals surface area contributed by atoms with E-state index in [1.54, 1.807) is 14.1 Å². The molecule has 8 N–H and O–H groups in total. The molecule has 8 atom stereocenters. The molecule has 4 unspecified atom stereocenters. The van der Waals surface area contributed by atoms with Gasteiger partial charge in [-0.2, -0.15) is 18.5 Å². The molecule has 284 valence electrons. The molecule has 8 fully saturated rings. The maximum absolute atomic E-state index is 13.8. The van der Waals surface area contributed by atoms with Crippen molar-refractivity contribution >= 4 is 34.4 Å². The summed E-state index contributed by atoms with van der Waals surface area (Å²) in [6.07, 6.45) is 3.13. The summed E-state index contributed by atoms with van der Waals surface area (Å²) < 4.78 is 50.2. The zero-order valence-electron chi connectivity index (χ0n) is 28.5. The molecular weight excluding hydrogens is 720 g/mol. The van der Waals surface area contributed by atoms with Crippen LogP contribution < -0.4 is 31.9 Å². The molecule has 6 aliphatic heterocycles. The van der Waals surface area contributed by atoms with Crippen molar-refractivity contribution < 1.29 is 35.4 Å². The second-order valence-corrected chi connectivity index (χ2v) is 16.2. The minimum Gasteiger partial charge on any atom is -0.421 e. The standard InChI is InChI=1S/C28H38N16O8S/c1-31-17-15(33-23(29)35-17)21-39-37-19(49-21)11-7-27(3-4-27)13-9-41(11)25(45)43(13)51-53(47,48)52-44-14-10-42(26(44)46)12(8-28(14)5-6-28)20-38-40-22(50-20)16-18(32-2)36-24(30)34-16/h11-18,31-32H,3-10H2,1-2H3,(H3,29,33,35)(H3,30,34,36)/t11-,12-,13-,14-,15?,16?,17?,18?/m0/s1. The Morgan fingerprint density at radius 1 is 0.698 bits per heavy atom. The first-order valence-corrected chi connectivity index (χ1v) is 18.8. The maximum Gasteiger partial charge on any atom is 0.442 e. The number of urea groups is 2. The Labute approximate surface area is 301 Å². The third-order valence-electron chi connectivity index (χ3n) is 12.2. The van der Waals surface area contributed by atoms with Crippen molar-refractivity contribution in [3.63, 3.8) is 0 Å². The third-order valence-corrected chi connectivity index (χ3v) is 12.9. The van der Waals surface area contributed by atoms with Crippen LogP contribution in [0.15, 0.2) is 8.83 Å². The van der Waals surface area contributed by atoms with Crippen LogP contribution in [0, 0.1) is 21.6 Å². The van der Waals surface area contributed by atoms with Crippen molar-refractivity contribution in [2.24, 2.45) is 10.8 Å². The number of nitrogens with zero attached hydrogens (tertiary/aromatic N) is 8. The molecule has 2 aliphatic carbocycles. The zero-order valence-corrected chi connectivity index (χ0v) is 29.3. The van der Waals surface area contributed by atoms with Crippen molar-refractivity contribution in [1.82, 2.24) is 72.2 Å². The Morgan fingerprint density at radius 3 is 1.47 bits per heavy atom. The van der Waals surface area contributed by atoms with E-state index in [-0.39, 0.29) is 60.9 Å². The van der Waals surface area contributed by atoms with Gasteiger partial charge >= 0.3 is 22.5 Å². The first-order valence-electron chi connectivity index (χ1n) is 17.5. The summed E-state index contributed by atoms with van der Waals surface area (Å²) >= 11 is 0. The molecule has 10 rings (SSSR count). The minimum absolute atomic E-state index is 0.100. The monoisotopic (exact) mass is 758 g/mol. The molecule has 2 saturated carbocycles. The molecule has 24 nitrogen and oxygen atoms in total. The lowest BCUT2D eigenvalue weighted by Crippen LogP contribution is -2.45. The average Bonchev–Trinajstić information content (AvgIpc) is 3.59. The number of rotatable bonds is 10. The third kappa shape index (κ3) is 4.96. The number of hydrogen-bond acceptors (Lipinski definition) is 16. The van der Waals surface area contributed by atoms with Crippen LogP contribution in [0.1, 0.15) is 86.3 Å². The zero-order chi connectivity index (χ0) is 36.6. The highest BCUT2D eigenvalue weighted by Crippen LogP contribution is 2.63. The number of piperidine rings is 2. The van der Waals surface area contributed by atoms with Crippen molar-refractivity contribution in [2.45, 2.75) is 87.1 Å². The van der Waals surface area contributed by atoms with E-state index in [1.165, 1.54) is 9.80 Å². The number of likely N-dealkylation sites (N-methyl/N-ethyl adjacent to an activating group) is 2. The number of carbonyl (C=O) groups excluding carboxylic acids is 2. The summed E-state index contributed by atoms with van der Waals surface area (Å²) in [5.74, 6) is 1.07. The van der Waals surface area contributed by atoms with Gasteiger partial charge in [0.2, 0.25) is 23.6 Å².